The van der Waals surface area contributed by atoms with Crippen LogP contribution in [0.2, 0.25) is 0 Å². The standard InChI is InChI=1S/C16H17Br2NO/c1-3-12-9-13(17)5-6-15(12)19-10-11-4-7-16(20-2)14(18)8-11/h4-9,19H,3,10H2,1-2H3. The minimum absolute atomic E-state index is 0.789. The topological polar surface area (TPSA) is 21.3 Å². The molecule has 0 aliphatic heterocycles. The van der Waals surface area contributed by atoms with Crippen LogP contribution in [0, 0.1) is 0 Å². The van der Waals surface area contributed by atoms with E-state index in [1.165, 1.54) is 16.8 Å². The fraction of sp³-hybridized carbons (Fsp3) is 0.250. The van der Waals surface area contributed by atoms with Gasteiger partial charge in [0.05, 0.1) is 11.6 Å². The highest BCUT2D eigenvalue weighted by molar-refractivity contribution is 9.10. The lowest BCUT2D eigenvalue weighted by Gasteiger charge is -2.12. The number of benzene rings is 2. The van der Waals surface area contributed by atoms with E-state index in [-0.39, 0.29) is 0 Å². The Bertz CT molecular complexity index is 599. The van der Waals surface area contributed by atoms with Crippen LogP contribution in [0.5, 0.6) is 5.75 Å². The Kier molecular flexibility index (Phi) is 5.49. The van der Waals surface area contributed by atoms with E-state index in [4.69, 9.17) is 4.74 Å². The Balaban J connectivity index is 2.10. The molecule has 1 N–H and O–H groups in total. The molecular weight excluding hydrogens is 382 g/mol. The van der Waals surface area contributed by atoms with Crippen molar-refractivity contribution in [1.29, 1.82) is 0 Å². The summed E-state index contributed by atoms with van der Waals surface area (Å²) in [5.74, 6) is 0.853. The van der Waals surface area contributed by atoms with Crippen molar-refractivity contribution < 1.29 is 4.74 Å². The molecule has 0 saturated heterocycles. The molecule has 0 atom stereocenters. The summed E-state index contributed by atoms with van der Waals surface area (Å²) in [4.78, 5) is 0. The van der Waals surface area contributed by atoms with Crippen LogP contribution in [0.3, 0.4) is 0 Å². The molecule has 0 aliphatic rings. The molecule has 2 aromatic rings. The third kappa shape index (κ3) is 3.76. The van der Waals surface area contributed by atoms with Crippen molar-refractivity contribution in [3.05, 3.63) is 56.5 Å². The molecule has 0 amide bonds. The van der Waals surface area contributed by atoms with Gasteiger partial charge in [-0.1, -0.05) is 28.9 Å². The van der Waals surface area contributed by atoms with Crippen molar-refractivity contribution in [3.63, 3.8) is 0 Å². The maximum absolute atomic E-state index is 5.24. The highest BCUT2D eigenvalue weighted by Gasteiger charge is 2.04. The van der Waals surface area contributed by atoms with Gasteiger partial charge in [-0.15, -0.1) is 0 Å². The zero-order chi connectivity index (χ0) is 14.5. The molecule has 0 spiro atoms. The number of hydrogen-bond donors (Lipinski definition) is 1. The molecule has 0 aliphatic carbocycles. The van der Waals surface area contributed by atoms with Gasteiger partial charge in [-0.05, 0) is 63.8 Å². The van der Waals surface area contributed by atoms with Gasteiger partial charge in [0, 0.05) is 16.7 Å². The lowest BCUT2D eigenvalue weighted by molar-refractivity contribution is 0.412. The van der Waals surface area contributed by atoms with Crippen molar-refractivity contribution in [2.45, 2.75) is 19.9 Å². The summed E-state index contributed by atoms with van der Waals surface area (Å²) >= 11 is 7.02. The molecule has 0 aromatic heterocycles. The first kappa shape index (κ1) is 15.4. The first-order valence-corrected chi connectivity index (χ1v) is 8.07. The number of aryl methyl sites for hydroxylation is 1. The lowest BCUT2D eigenvalue weighted by atomic mass is 10.1. The monoisotopic (exact) mass is 397 g/mol. The van der Waals surface area contributed by atoms with E-state index in [0.29, 0.717) is 0 Å². The van der Waals surface area contributed by atoms with E-state index in [1.54, 1.807) is 7.11 Å². The summed E-state index contributed by atoms with van der Waals surface area (Å²) in [6, 6.07) is 12.5. The van der Waals surface area contributed by atoms with Crippen LogP contribution in [0.1, 0.15) is 18.1 Å². The lowest BCUT2D eigenvalue weighted by Crippen LogP contribution is -2.02. The van der Waals surface area contributed by atoms with Gasteiger partial charge in [0.25, 0.3) is 0 Å². The molecule has 20 heavy (non-hydrogen) atoms. The molecule has 4 heteroatoms. The van der Waals surface area contributed by atoms with E-state index in [2.05, 4.69) is 74.4 Å². The Hall–Kier alpha value is -1.00. The highest BCUT2D eigenvalue weighted by Crippen LogP contribution is 2.26. The van der Waals surface area contributed by atoms with Gasteiger partial charge >= 0.3 is 0 Å². The summed E-state index contributed by atoms with van der Waals surface area (Å²) in [6.07, 6.45) is 1.01. The zero-order valence-electron chi connectivity index (χ0n) is 11.5. The van der Waals surface area contributed by atoms with Crippen LogP contribution in [-0.4, -0.2) is 7.11 Å². The number of ether oxygens (including phenoxy) is 1. The molecule has 0 unspecified atom stereocenters. The molecule has 0 saturated carbocycles. The van der Waals surface area contributed by atoms with Gasteiger partial charge in [0.2, 0.25) is 0 Å². The first-order valence-electron chi connectivity index (χ1n) is 6.48. The van der Waals surface area contributed by atoms with Gasteiger partial charge in [-0.2, -0.15) is 0 Å². The molecule has 106 valence electrons. The van der Waals surface area contributed by atoms with Crippen molar-refractivity contribution in [3.8, 4) is 5.75 Å². The molecule has 0 fully saturated rings. The zero-order valence-corrected chi connectivity index (χ0v) is 14.7. The number of hydrogen-bond acceptors (Lipinski definition) is 2. The predicted molar refractivity (Wildman–Crippen MR) is 91.5 cm³/mol. The highest BCUT2D eigenvalue weighted by atomic mass is 79.9. The van der Waals surface area contributed by atoms with Crippen molar-refractivity contribution >= 4 is 37.5 Å². The summed E-state index contributed by atoms with van der Waals surface area (Å²) < 4.78 is 7.34. The Morgan fingerprint density at radius 2 is 1.90 bits per heavy atom. The maximum Gasteiger partial charge on any atom is 0.133 e. The summed E-state index contributed by atoms with van der Waals surface area (Å²) in [7, 11) is 1.67. The van der Waals surface area contributed by atoms with Crippen molar-refractivity contribution in [2.24, 2.45) is 0 Å². The van der Waals surface area contributed by atoms with Gasteiger partial charge in [-0.25, -0.2) is 0 Å². The summed E-state index contributed by atoms with van der Waals surface area (Å²) in [5.41, 5.74) is 3.71. The number of methoxy groups -OCH3 is 1. The number of halogens is 2. The van der Waals surface area contributed by atoms with Gasteiger partial charge in [0.1, 0.15) is 5.75 Å². The molecule has 0 heterocycles. The predicted octanol–water partition coefficient (Wildman–Crippen LogP) is 5.39. The van der Waals surface area contributed by atoms with Crippen molar-refractivity contribution in [2.75, 3.05) is 12.4 Å². The van der Waals surface area contributed by atoms with E-state index >= 15 is 0 Å². The van der Waals surface area contributed by atoms with E-state index in [0.717, 1.165) is 27.7 Å². The molecule has 0 bridgehead atoms. The number of rotatable bonds is 5. The molecule has 2 aromatic carbocycles. The molecule has 2 nitrogen and oxygen atoms in total. The fourth-order valence-corrected chi connectivity index (χ4v) is 3.04. The Morgan fingerprint density at radius 3 is 2.55 bits per heavy atom. The van der Waals surface area contributed by atoms with E-state index in [1.807, 2.05) is 6.07 Å². The SMILES string of the molecule is CCc1cc(Br)ccc1NCc1ccc(OC)c(Br)c1. The normalized spacial score (nSPS) is 10.4. The van der Waals surface area contributed by atoms with Crippen LogP contribution in [0.15, 0.2) is 45.3 Å². The van der Waals surface area contributed by atoms with Gasteiger partial charge in [0.15, 0.2) is 0 Å². The average molecular weight is 399 g/mol. The molecule has 0 radical (unpaired) electrons. The Labute approximate surface area is 136 Å². The third-order valence-corrected chi connectivity index (χ3v) is 4.26. The second-order valence-electron chi connectivity index (χ2n) is 4.48. The molecular formula is C16H17Br2NO. The van der Waals surface area contributed by atoms with Crippen LogP contribution >= 0.6 is 31.9 Å². The van der Waals surface area contributed by atoms with E-state index in [9.17, 15) is 0 Å². The van der Waals surface area contributed by atoms with Gasteiger partial charge in [-0.3, -0.25) is 0 Å². The van der Waals surface area contributed by atoms with Crippen LogP contribution in [0.4, 0.5) is 5.69 Å². The average Bonchev–Trinajstić information content (AvgIpc) is 2.46. The second kappa shape index (κ2) is 7.14. The smallest absolute Gasteiger partial charge is 0.133 e. The summed E-state index contributed by atoms with van der Waals surface area (Å²) in [5, 5.41) is 3.49. The largest absolute Gasteiger partial charge is 0.496 e. The van der Waals surface area contributed by atoms with Crippen LogP contribution in [-0.2, 0) is 13.0 Å². The minimum Gasteiger partial charge on any atom is -0.496 e. The first-order chi connectivity index (χ1) is 9.63. The summed E-state index contributed by atoms with van der Waals surface area (Å²) in [6.45, 7) is 2.95. The minimum atomic E-state index is 0.789. The maximum atomic E-state index is 5.24. The van der Waals surface area contributed by atoms with Crippen LogP contribution < -0.4 is 10.1 Å². The number of anilines is 1. The fourth-order valence-electron chi connectivity index (χ4n) is 2.04. The van der Waals surface area contributed by atoms with E-state index < -0.39 is 0 Å². The second-order valence-corrected chi connectivity index (χ2v) is 6.25. The van der Waals surface area contributed by atoms with Crippen LogP contribution in [0.25, 0.3) is 0 Å². The quantitative estimate of drug-likeness (QED) is 0.728. The van der Waals surface area contributed by atoms with Crippen molar-refractivity contribution in [1.82, 2.24) is 0 Å². The molecule has 2 rings (SSSR count). The Morgan fingerprint density at radius 1 is 1.10 bits per heavy atom. The van der Waals surface area contributed by atoms with Gasteiger partial charge < -0.3 is 10.1 Å². The number of nitrogens with one attached hydrogen (secondary N) is 1. The third-order valence-electron chi connectivity index (χ3n) is 3.15.